The van der Waals surface area contributed by atoms with Gasteiger partial charge in [-0.15, -0.1) is 0 Å². The predicted molar refractivity (Wildman–Crippen MR) is 112 cm³/mol. The molecular formula is C24H16BrNO2. The largest absolute Gasteiger partial charge is 0.480 e. The molecule has 0 aliphatic carbocycles. The summed E-state index contributed by atoms with van der Waals surface area (Å²) in [6.07, 6.45) is -0.784. The Morgan fingerprint density at radius 3 is 2.11 bits per heavy atom. The van der Waals surface area contributed by atoms with Crippen molar-refractivity contribution in [2.45, 2.75) is 12.0 Å². The van der Waals surface area contributed by atoms with Crippen LogP contribution >= 0.6 is 15.9 Å². The van der Waals surface area contributed by atoms with Gasteiger partial charge in [-0.1, -0.05) is 88.7 Å². The molecule has 0 saturated carbocycles. The van der Waals surface area contributed by atoms with E-state index in [1.54, 1.807) is 12.1 Å². The highest BCUT2D eigenvalue weighted by molar-refractivity contribution is 9.10. The number of hydrogen-bond donors (Lipinski definition) is 0. The quantitative estimate of drug-likeness (QED) is 0.496. The summed E-state index contributed by atoms with van der Waals surface area (Å²) < 4.78 is 7.10. The molecule has 136 valence electrons. The van der Waals surface area contributed by atoms with Gasteiger partial charge in [0.15, 0.2) is 6.10 Å². The van der Waals surface area contributed by atoms with E-state index in [2.05, 4.69) is 22.0 Å². The first-order valence-corrected chi connectivity index (χ1v) is 9.69. The Morgan fingerprint density at radius 2 is 1.50 bits per heavy atom. The third-order valence-electron chi connectivity index (χ3n) is 4.81. The highest BCUT2D eigenvalue weighted by Crippen LogP contribution is 2.44. The molecule has 0 fully saturated rings. The van der Waals surface area contributed by atoms with Crippen molar-refractivity contribution in [1.82, 2.24) is 0 Å². The monoisotopic (exact) mass is 429 g/mol. The Balaban J connectivity index is 1.83. The summed E-state index contributed by atoms with van der Waals surface area (Å²) >= 11 is 3.44. The number of ether oxygens (including phenoxy) is 1. The fraction of sp³-hybridized carbons (Fsp3) is 0.0833. The van der Waals surface area contributed by atoms with Crippen LogP contribution in [-0.4, -0.2) is 11.9 Å². The lowest BCUT2D eigenvalue weighted by molar-refractivity contribution is 0.0754. The molecule has 0 N–H and O–H groups in total. The second kappa shape index (κ2) is 7.84. The van der Waals surface area contributed by atoms with Crippen LogP contribution in [0.15, 0.2) is 95.0 Å². The van der Waals surface area contributed by atoms with E-state index >= 15 is 0 Å². The number of carbonyl (C=O) groups excluding carboxylic acids is 1. The van der Waals surface area contributed by atoms with Gasteiger partial charge in [0.25, 0.3) is 0 Å². The van der Waals surface area contributed by atoms with E-state index in [0.29, 0.717) is 16.9 Å². The number of Topliss-reactive ketones (excluding diaryl/α,β-unsaturated/α-hetero) is 1. The van der Waals surface area contributed by atoms with E-state index in [1.165, 1.54) is 0 Å². The van der Waals surface area contributed by atoms with Crippen molar-refractivity contribution in [3.8, 4) is 6.07 Å². The van der Waals surface area contributed by atoms with Crippen molar-refractivity contribution < 1.29 is 9.53 Å². The molecule has 4 heteroatoms. The number of benzene rings is 3. The van der Waals surface area contributed by atoms with Crippen LogP contribution in [0.2, 0.25) is 0 Å². The van der Waals surface area contributed by atoms with Crippen LogP contribution < -0.4 is 0 Å². The Kier molecular flexibility index (Phi) is 5.10. The van der Waals surface area contributed by atoms with Crippen LogP contribution in [0.3, 0.4) is 0 Å². The van der Waals surface area contributed by atoms with Gasteiger partial charge < -0.3 is 4.74 Å². The second-order valence-corrected chi connectivity index (χ2v) is 7.43. The van der Waals surface area contributed by atoms with Gasteiger partial charge in [0.05, 0.1) is 17.6 Å². The van der Waals surface area contributed by atoms with Crippen LogP contribution in [0, 0.1) is 11.3 Å². The summed E-state index contributed by atoms with van der Waals surface area (Å²) in [4.78, 5) is 13.3. The molecule has 3 aromatic carbocycles. The average Bonchev–Trinajstić information content (AvgIpc) is 3.14. The van der Waals surface area contributed by atoms with Crippen molar-refractivity contribution in [3.05, 3.63) is 112 Å². The lowest BCUT2D eigenvalue weighted by Crippen LogP contribution is -2.27. The first-order valence-electron chi connectivity index (χ1n) is 8.90. The van der Waals surface area contributed by atoms with Crippen molar-refractivity contribution in [2.75, 3.05) is 0 Å². The topological polar surface area (TPSA) is 50.1 Å². The molecule has 0 aromatic heterocycles. The van der Waals surface area contributed by atoms with Gasteiger partial charge in [0.2, 0.25) is 5.78 Å². The van der Waals surface area contributed by atoms with Crippen LogP contribution in [0.4, 0.5) is 0 Å². The van der Waals surface area contributed by atoms with Gasteiger partial charge >= 0.3 is 0 Å². The number of rotatable bonds is 4. The van der Waals surface area contributed by atoms with Crippen LogP contribution in [0.25, 0.3) is 5.76 Å². The molecule has 0 unspecified atom stereocenters. The van der Waals surface area contributed by atoms with Gasteiger partial charge in [0.1, 0.15) is 5.76 Å². The lowest BCUT2D eigenvalue weighted by Gasteiger charge is -2.19. The summed E-state index contributed by atoms with van der Waals surface area (Å²) in [5.74, 6) is -0.112. The molecular weight excluding hydrogens is 414 g/mol. The molecule has 4 rings (SSSR count). The number of ketones is 1. The number of carbonyl (C=O) groups is 1. The molecule has 3 nitrogen and oxygen atoms in total. The average molecular weight is 430 g/mol. The van der Waals surface area contributed by atoms with Gasteiger partial charge in [-0.25, -0.2) is 0 Å². The summed E-state index contributed by atoms with van der Waals surface area (Å²) in [7, 11) is 0. The van der Waals surface area contributed by atoms with Gasteiger partial charge in [0, 0.05) is 15.6 Å². The van der Waals surface area contributed by atoms with Crippen molar-refractivity contribution in [2.24, 2.45) is 0 Å². The third-order valence-corrected chi connectivity index (χ3v) is 5.33. The number of nitrogens with zero attached hydrogens (tertiary/aromatic N) is 1. The van der Waals surface area contributed by atoms with E-state index in [4.69, 9.17) is 4.74 Å². The van der Waals surface area contributed by atoms with E-state index < -0.39 is 12.0 Å². The standard InChI is InChI=1S/C24H16BrNO2/c25-19-13-11-16(12-14-19)21-20(15-26)23(18-9-5-2-6-10-18)28-24(21)22(27)17-7-3-1-4-8-17/h1-14,21,24H/t21-,24-/m1/s1. The van der Waals surface area contributed by atoms with Gasteiger partial charge in [-0.2, -0.15) is 5.26 Å². The lowest BCUT2D eigenvalue weighted by atomic mass is 9.84. The van der Waals surface area contributed by atoms with Crippen molar-refractivity contribution in [1.29, 1.82) is 5.26 Å². The highest BCUT2D eigenvalue weighted by Gasteiger charge is 2.43. The fourth-order valence-corrected chi connectivity index (χ4v) is 3.73. The molecule has 0 radical (unpaired) electrons. The molecule has 2 atom stereocenters. The number of nitriles is 1. The summed E-state index contributed by atoms with van der Waals surface area (Å²) in [5.41, 5.74) is 2.72. The minimum absolute atomic E-state index is 0.132. The number of hydrogen-bond acceptors (Lipinski definition) is 3. The zero-order valence-electron chi connectivity index (χ0n) is 14.9. The predicted octanol–water partition coefficient (Wildman–Crippen LogP) is 5.75. The molecule has 28 heavy (non-hydrogen) atoms. The highest BCUT2D eigenvalue weighted by atomic mass is 79.9. The van der Waals surface area contributed by atoms with Crippen LogP contribution in [-0.2, 0) is 4.74 Å². The minimum Gasteiger partial charge on any atom is -0.480 e. The normalized spacial score (nSPS) is 18.4. The zero-order chi connectivity index (χ0) is 19.5. The molecule has 0 saturated heterocycles. The first-order chi connectivity index (χ1) is 13.7. The van der Waals surface area contributed by atoms with E-state index in [1.807, 2.05) is 72.8 Å². The van der Waals surface area contributed by atoms with Crippen LogP contribution in [0.5, 0.6) is 0 Å². The zero-order valence-corrected chi connectivity index (χ0v) is 16.5. The number of halogens is 1. The SMILES string of the molecule is N#CC1=C(c2ccccc2)O[C@@H](C(=O)c2ccccc2)[C@@H]1c1ccc(Br)cc1. The molecule has 0 amide bonds. The fourth-order valence-electron chi connectivity index (χ4n) is 3.47. The molecule has 1 aliphatic rings. The van der Waals surface area contributed by atoms with Crippen molar-refractivity contribution in [3.63, 3.8) is 0 Å². The minimum atomic E-state index is -0.784. The molecule has 1 heterocycles. The summed E-state index contributed by atoms with van der Waals surface area (Å²) in [6, 6.07) is 28.5. The maximum Gasteiger partial charge on any atom is 0.204 e. The van der Waals surface area contributed by atoms with Crippen molar-refractivity contribution >= 4 is 27.5 Å². The Morgan fingerprint density at radius 1 is 0.893 bits per heavy atom. The summed E-state index contributed by atoms with van der Waals surface area (Å²) in [5, 5.41) is 9.95. The smallest absolute Gasteiger partial charge is 0.204 e. The van der Waals surface area contributed by atoms with E-state index in [9.17, 15) is 10.1 Å². The van der Waals surface area contributed by atoms with Gasteiger partial charge in [-0.05, 0) is 17.7 Å². The van der Waals surface area contributed by atoms with E-state index in [0.717, 1.165) is 15.6 Å². The summed E-state index contributed by atoms with van der Waals surface area (Å²) in [6.45, 7) is 0. The molecule has 0 bridgehead atoms. The third kappa shape index (κ3) is 3.37. The maximum absolute atomic E-state index is 13.3. The molecule has 3 aromatic rings. The molecule has 1 aliphatic heterocycles. The van der Waals surface area contributed by atoms with Gasteiger partial charge in [-0.3, -0.25) is 4.79 Å². The Labute approximate surface area is 172 Å². The molecule has 0 spiro atoms. The van der Waals surface area contributed by atoms with E-state index in [-0.39, 0.29) is 5.78 Å². The van der Waals surface area contributed by atoms with Crippen LogP contribution in [0.1, 0.15) is 27.4 Å². The Hall–Kier alpha value is -3.16. The Bertz CT molecular complexity index is 1070. The second-order valence-electron chi connectivity index (χ2n) is 6.52. The maximum atomic E-state index is 13.3. The first kappa shape index (κ1) is 18.2.